The maximum Gasteiger partial charge on any atom is 0.194 e. The highest BCUT2D eigenvalue weighted by atomic mass is 127. The summed E-state index contributed by atoms with van der Waals surface area (Å²) >= 11 is 0. The third-order valence-electron chi connectivity index (χ3n) is 4.95. The van der Waals surface area contributed by atoms with Crippen LogP contribution in [0.5, 0.6) is 11.5 Å². The van der Waals surface area contributed by atoms with Gasteiger partial charge in [0.25, 0.3) is 0 Å². The van der Waals surface area contributed by atoms with Crippen molar-refractivity contribution in [1.29, 1.82) is 0 Å². The zero-order chi connectivity index (χ0) is 19.1. The number of guanidine groups is 1. The first kappa shape index (κ1) is 22.3. The Kier molecular flexibility index (Phi) is 8.89. The number of nitrogens with zero attached hydrogens (tertiary/aromatic N) is 2. The van der Waals surface area contributed by atoms with Crippen LogP contribution >= 0.6 is 24.0 Å². The minimum atomic E-state index is 0. The monoisotopic (exact) mass is 495 g/mol. The lowest BCUT2D eigenvalue weighted by Gasteiger charge is -2.22. The van der Waals surface area contributed by atoms with Gasteiger partial charge in [0.1, 0.15) is 0 Å². The first-order valence-corrected chi connectivity index (χ1v) is 9.54. The van der Waals surface area contributed by atoms with E-state index in [1.54, 1.807) is 14.2 Å². The quantitative estimate of drug-likeness (QED) is 0.370. The molecule has 5 nitrogen and oxygen atoms in total. The summed E-state index contributed by atoms with van der Waals surface area (Å²) in [4.78, 5) is 7.22. The molecule has 1 heterocycles. The smallest absolute Gasteiger partial charge is 0.194 e. The Labute approximate surface area is 185 Å². The summed E-state index contributed by atoms with van der Waals surface area (Å²) in [6, 6.07) is 16.7. The molecule has 1 N–H and O–H groups in total. The van der Waals surface area contributed by atoms with E-state index in [-0.39, 0.29) is 24.0 Å². The number of likely N-dealkylation sites (tertiary alicyclic amines) is 1. The van der Waals surface area contributed by atoms with E-state index in [4.69, 9.17) is 14.5 Å². The molecule has 0 radical (unpaired) electrons. The minimum Gasteiger partial charge on any atom is -0.493 e. The number of hydrogen-bond acceptors (Lipinski definition) is 3. The molecular weight excluding hydrogens is 465 g/mol. The van der Waals surface area contributed by atoms with Gasteiger partial charge in [0, 0.05) is 25.6 Å². The number of benzene rings is 2. The van der Waals surface area contributed by atoms with Crippen molar-refractivity contribution in [3.05, 3.63) is 59.7 Å². The third-order valence-corrected chi connectivity index (χ3v) is 4.95. The normalized spacial score (nSPS) is 16.5. The van der Waals surface area contributed by atoms with Crippen LogP contribution in [-0.4, -0.2) is 44.7 Å². The van der Waals surface area contributed by atoms with E-state index in [2.05, 4.69) is 47.5 Å². The first-order chi connectivity index (χ1) is 13.2. The first-order valence-electron chi connectivity index (χ1n) is 9.54. The van der Waals surface area contributed by atoms with Gasteiger partial charge in [0.2, 0.25) is 0 Å². The second-order valence-corrected chi connectivity index (χ2v) is 6.70. The van der Waals surface area contributed by atoms with Crippen LogP contribution in [0.2, 0.25) is 0 Å². The summed E-state index contributed by atoms with van der Waals surface area (Å²) < 4.78 is 10.7. The average molecular weight is 495 g/mol. The predicted molar refractivity (Wildman–Crippen MR) is 125 cm³/mol. The van der Waals surface area contributed by atoms with Crippen LogP contribution in [0.4, 0.5) is 0 Å². The van der Waals surface area contributed by atoms with Crippen LogP contribution in [-0.2, 0) is 6.54 Å². The Morgan fingerprint density at radius 1 is 1.11 bits per heavy atom. The van der Waals surface area contributed by atoms with E-state index in [1.165, 1.54) is 5.56 Å². The largest absolute Gasteiger partial charge is 0.493 e. The van der Waals surface area contributed by atoms with Crippen molar-refractivity contribution in [2.45, 2.75) is 25.8 Å². The van der Waals surface area contributed by atoms with Gasteiger partial charge in [-0.1, -0.05) is 36.4 Å². The maximum atomic E-state index is 5.39. The topological polar surface area (TPSA) is 46.1 Å². The van der Waals surface area contributed by atoms with E-state index >= 15 is 0 Å². The molecule has 1 atom stereocenters. The number of rotatable bonds is 6. The molecule has 2 aromatic rings. The number of ether oxygens (including phenoxy) is 2. The molecule has 0 spiro atoms. The van der Waals surface area contributed by atoms with Gasteiger partial charge in [-0.2, -0.15) is 0 Å². The second-order valence-electron chi connectivity index (χ2n) is 6.70. The van der Waals surface area contributed by atoms with E-state index in [9.17, 15) is 0 Å². The van der Waals surface area contributed by atoms with Crippen LogP contribution in [0.25, 0.3) is 0 Å². The molecule has 3 rings (SSSR count). The van der Waals surface area contributed by atoms with Gasteiger partial charge >= 0.3 is 0 Å². The molecule has 0 saturated carbocycles. The van der Waals surface area contributed by atoms with Crippen LogP contribution in [0, 0.1) is 0 Å². The number of halogens is 1. The van der Waals surface area contributed by atoms with Gasteiger partial charge < -0.3 is 19.7 Å². The summed E-state index contributed by atoms with van der Waals surface area (Å²) in [5.41, 5.74) is 2.51. The molecule has 0 amide bonds. The lowest BCUT2D eigenvalue weighted by molar-refractivity contribution is 0.354. The summed E-state index contributed by atoms with van der Waals surface area (Å²) in [7, 11) is 3.30. The van der Waals surface area contributed by atoms with Crippen molar-refractivity contribution in [1.82, 2.24) is 10.2 Å². The Balaban J connectivity index is 0.00000280. The van der Waals surface area contributed by atoms with E-state index < -0.39 is 0 Å². The lowest BCUT2D eigenvalue weighted by atomic mass is 9.99. The Bertz CT molecular complexity index is 768. The molecule has 1 aliphatic rings. The number of nitrogens with one attached hydrogen (secondary N) is 1. The lowest BCUT2D eigenvalue weighted by Crippen LogP contribution is -2.40. The molecular formula is C22H30IN3O2. The van der Waals surface area contributed by atoms with Crippen molar-refractivity contribution in [3.63, 3.8) is 0 Å². The van der Waals surface area contributed by atoms with Gasteiger partial charge in [-0.3, -0.25) is 0 Å². The number of hydrogen-bond donors (Lipinski definition) is 1. The molecule has 1 saturated heterocycles. The fourth-order valence-corrected chi connectivity index (χ4v) is 3.52. The number of methoxy groups -OCH3 is 2. The number of aliphatic imine (C=N–C) groups is 1. The molecule has 1 aliphatic heterocycles. The van der Waals surface area contributed by atoms with Crippen molar-refractivity contribution in [2.75, 3.05) is 33.9 Å². The fourth-order valence-electron chi connectivity index (χ4n) is 3.52. The van der Waals surface area contributed by atoms with E-state index in [1.807, 2.05) is 18.2 Å². The molecule has 152 valence electrons. The van der Waals surface area contributed by atoms with Gasteiger partial charge in [-0.25, -0.2) is 4.99 Å². The third kappa shape index (κ3) is 5.53. The second kappa shape index (κ2) is 11.1. The summed E-state index contributed by atoms with van der Waals surface area (Å²) in [5, 5.41) is 3.44. The van der Waals surface area contributed by atoms with Crippen molar-refractivity contribution < 1.29 is 9.47 Å². The molecule has 0 aromatic heterocycles. The molecule has 0 aliphatic carbocycles. The van der Waals surface area contributed by atoms with Crippen molar-refractivity contribution in [2.24, 2.45) is 4.99 Å². The van der Waals surface area contributed by atoms with Gasteiger partial charge in [-0.15, -0.1) is 24.0 Å². The van der Waals surface area contributed by atoms with Crippen LogP contribution < -0.4 is 14.8 Å². The highest BCUT2D eigenvalue weighted by molar-refractivity contribution is 14.0. The highest BCUT2D eigenvalue weighted by Gasteiger charge is 2.25. The molecule has 6 heteroatoms. The summed E-state index contributed by atoms with van der Waals surface area (Å²) in [6.45, 7) is 5.60. The SMILES string of the molecule is CCNC(=NCc1ccc(OC)c(OC)c1)N1CCC(c2ccccc2)C1.I. The molecule has 1 fully saturated rings. The molecule has 0 bridgehead atoms. The Hall–Kier alpha value is -1.96. The standard InChI is InChI=1S/C22H29N3O2.HI/c1-4-23-22(24-15-17-10-11-20(26-2)21(14-17)27-3)25-13-12-19(16-25)18-8-6-5-7-9-18;/h5-11,14,19H,4,12-13,15-16H2,1-3H3,(H,23,24);1H. The Morgan fingerprint density at radius 2 is 1.86 bits per heavy atom. The van der Waals surface area contributed by atoms with E-state index in [0.29, 0.717) is 12.5 Å². The van der Waals surface area contributed by atoms with Gasteiger partial charge in [-0.05, 0) is 36.6 Å². The van der Waals surface area contributed by atoms with Gasteiger partial charge in [0.05, 0.1) is 20.8 Å². The predicted octanol–water partition coefficient (Wildman–Crippen LogP) is 4.28. The average Bonchev–Trinajstić information content (AvgIpc) is 3.21. The zero-order valence-corrected chi connectivity index (χ0v) is 19.2. The summed E-state index contributed by atoms with van der Waals surface area (Å²) in [6.07, 6.45) is 1.16. The Morgan fingerprint density at radius 3 is 2.54 bits per heavy atom. The molecule has 28 heavy (non-hydrogen) atoms. The van der Waals surface area contributed by atoms with Crippen molar-refractivity contribution in [3.8, 4) is 11.5 Å². The maximum absolute atomic E-state index is 5.39. The minimum absolute atomic E-state index is 0. The molecule has 2 aromatic carbocycles. The van der Waals surface area contributed by atoms with Gasteiger partial charge in [0.15, 0.2) is 17.5 Å². The van der Waals surface area contributed by atoms with Crippen LogP contribution in [0.1, 0.15) is 30.4 Å². The van der Waals surface area contributed by atoms with Crippen LogP contribution in [0.3, 0.4) is 0 Å². The molecule has 1 unspecified atom stereocenters. The zero-order valence-electron chi connectivity index (χ0n) is 16.9. The fraction of sp³-hybridized carbons (Fsp3) is 0.409. The van der Waals surface area contributed by atoms with Crippen molar-refractivity contribution >= 4 is 29.9 Å². The summed E-state index contributed by atoms with van der Waals surface area (Å²) in [5.74, 6) is 3.02. The van der Waals surface area contributed by atoms with E-state index in [0.717, 1.165) is 49.1 Å². The van der Waals surface area contributed by atoms with Crippen LogP contribution in [0.15, 0.2) is 53.5 Å². The highest BCUT2D eigenvalue weighted by Crippen LogP contribution is 2.29.